The van der Waals surface area contributed by atoms with E-state index in [1.54, 1.807) is 0 Å². The zero-order valence-corrected chi connectivity index (χ0v) is 9.95. The van der Waals surface area contributed by atoms with Gasteiger partial charge in [-0.15, -0.1) is 0 Å². The van der Waals surface area contributed by atoms with Gasteiger partial charge in [-0.3, -0.25) is 4.79 Å². The smallest absolute Gasteiger partial charge is 0.329 e. The van der Waals surface area contributed by atoms with Crippen molar-refractivity contribution in [3.05, 3.63) is 0 Å². The van der Waals surface area contributed by atoms with Gasteiger partial charge in [0.05, 0.1) is 0 Å². The minimum Gasteiger partial charge on any atom is -0.480 e. The highest BCUT2D eigenvalue weighted by Crippen LogP contribution is 2.33. The Labute approximate surface area is 101 Å². The number of amides is 1. The molecule has 5 nitrogen and oxygen atoms in total. The van der Waals surface area contributed by atoms with E-state index in [0.717, 1.165) is 25.7 Å². The van der Waals surface area contributed by atoms with E-state index >= 15 is 0 Å². The lowest BCUT2D eigenvalue weighted by atomic mass is 9.97. The van der Waals surface area contributed by atoms with Crippen LogP contribution in [0.5, 0.6) is 0 Å². The molecule has 17 heavy (non-hydrogen) atoms. The average molecular weight is 240 g/mol. The highest BCUT2D eigenvalue weighted by Gasteiger charge is 2.43. The molecule has 0 heterocycles. The Bertz CT molecular complexity index is 320. The van der Waals surface area contributed by atoms with Gasteiger partial charge in [-0.2, -0.15) is 0 Å². The van der Waals surface area contributed by atoms with Crippen LogP contribution in [0.4, 0.5) is 0 Å². The molecule has 0 aromatic carbocycles. The van der Waals surface area contributed by atoms with Crippen molar-refractivity contribution in [2.24, 2.45) is 11.7 Å². The fourth-order valence-corrected chi connectivity index (χ4v) is 2.59. The maximum absolute atomic E-state index is 11.8. The van der Waals surface area contributed by atoms with Gasteiger partial charge >= 0.3 is 5.97 Å². The van der Waals surface area contributed by atoms with Crippen LogP contribution >= 0.6 is 0 Å². The predicted molar refractivity (Wildman–Crippen MR) is 62.3 cm³/mol. The number of carbonyl (C=O) groups excluding carboxylic acids is 1. The number of carbonyl (C=O) groups is 2. The molecule has 0 saturated heterocycles. The monoisotopic (exact) mass is 240 g/mol. The van der Waals surface area contributed by atoms with Gasteiger partial charge in [0.1, 0.15) is 5.54 Å². The van der Waals surface area contributed by atoms with Gasteiger partial charge < -0.3 is 16.2 Å². The Morgan fingerprint density at radius 2 is 1.94 bits per heavy atom. The lowest BCUT2D eigenvalue weighted by Gasteiger charge is -2.26. The van der Waals surface area contributed by atoms with E-state index in [-0.39, 0.29) is 18.4 Å². The molecule has 1 amide bonds. The van der Waals surface area contributed by atoms with E-state index in [4.69, 9.17) is 5.73 Å². The van der Waals surface area contributed by atoms with E-state index in [2.05, 4.69) is 5.32 Å². The fraction of sp³-hybridized carbons (Fsp3) is 0.833. The van der Waals surface area contributed by atoms with Crippen LogP contribution in [0, 0.1) is 5.92 Å². The number of carboxylic acids is 1. The van der Waals surface area contributed by atoms with Gasteiger partial charge in [-0.25, -0.2) is 4.79 Å². The number of rotatable bonds is 5. The third-order valence-corrected chi connectivity index (χ3v) is 3.89. The number of nitrogens with two attached hydrogens (primary N) is 1. The Hall–Kier alpha value is -1.10. The largest absolute Gasteiger partial charge is 0.480 e. The van der Waals surface area contributed by atoms with Crippen LogP contribution in [0.2, 0.25) is 0 Å². The standard InChI is InChI=1S/C12H20N2O3/c13-9(8-3-4-8)7-10(15)14-12(11(16)17)5-1-2-6-12/h8-9H,1-7,13H2,(H,14,15)(H,16,17). The van der Waals surface area contributed by atoms with Gasteiger partial charge in [-0.05, 0) is 31.6 Å². The van der Waals surface area contributed by atoms with Crippen LogP contribution in [-0.4, -0.2) is 28.6 Å². The lowest BCUT2D eigenvalue weighted by Crippen LogP contribution is -2.53. The summed E-state index contributed by atoms with van der Waals surface area (Å²) in [6.45, 7) is 0. The van der Waals surface area contributed by atoms with Crippen molar-refractivity contribution >= 4 is 11.9 Å². The topological polar surface area (TPSA) is 92.4 Å². The predicted octanol–water partition coefficient (Wildman–Crippen LogP) is 0.627. The summed E-state index contributed by atoms with van der Waals surface area (Å²) in [6, 6.07) is -0.109. The molecule has 0 aromatic rings. The third kappa shape index (κ3) is 2.77. The molecule has 0 aromatic heterocycles. The number of carboxylic acid groups (broad SMARTS) is 1. The van der Waals surface area contributed by atoms with Gasteiger partial charge in [0, 0.05) is 12.5 Å². The number of aliphatic carboxylic acids is 1. The summed E-state index contributed by atoms with van der Waals surface area (Å²) in [4.78, 5) is 23.0. The normalized spacial score (nSPS) is 24.3. The van der Waals surface area contributed by atoms with Crippen molar-refractivity contribution in [3.63, 3.8) is 0 Å². The lowest BCUT2D eigenvalue weighted by molar-refractivity contribution is -0.147. The summed E-state index contributed by atoms with van der Waals surface area (Å²) in [6.07, 6.45) is 5.23. The SMILES string of the molecule is NC(CC(=O)NC1(C(=O)O)CCCC1)C1CC1. The average Bonchev–Trinajstić information content (AvgIpc) is 3.00. The summed E-state index contributed by atoms with van der Waals surface area (Å²) in [5.41, 5.74) is 4.84. The van der Waals surface area contributed by atoms with Crippen molar-refractivity contribution in [1.29, 1.82) is 0 Å². The Morgan fingerprint density at radius 3 is 2.41 bits per heavy atom. The fourth-order valence-electron chi connectivity index (χ4n) is 2.59. The molecule has 0 spiro atoms. The molecular formula is C12H20N2O3. The van der Waals surface area contributed by atoms with E-state index < -0.39 is 11.5 Å². The molecule has 1 unspecified atom stereocenters. The number of hydrogen-bond donors (Lipinski definition) is 3. The second kappa shape index (κ2) is 4.64. The molecular weight excluding hydrogens is 220 g/mol. The quantitative estimate of drug-likeness (QED) is 0.657. The van der Waals surface area contributed by atoms with E-state index in [1.165, 1.54) is 0 Å². The van der Waals surface area contributed by atoms with Crippen LogP contribution in [-0.2, 0) is 9.59 Å². The molecule has 5 heteroatoms. The van der Waals surface area contributed by atoms with Crippen LogP contribution in [0.15, 0.2) is 0 Å². The van der Waals surface area contributed by atoms with Crippen LogP contribution in [0.3, 0.4) is 0 Å². The summed E-state index contributed by atoms with van der Waals surface area (Å²) >= 11 is 0. The first-order valence-corrected chi connectivity index (χ1v) is 6.33. The van der Waals surface area contributed by atoms with Gasteiger partial charge in [0.15, 0.2) is 0 Å². The minimum atomic E-state index is -1.03. The molecule has 2 aliphatic carbocycles. The highest BCUT2D eigenvalue weighted by atomic mass is 16.4. The number of nitrogens with one attached hydrogen (secondary N) is 1. The Morgan fingerprint density at radius 1 is 1.35 bits per heavy atom. The molecule has 2 saturated carbocycles. The molecule has 0 bridgehead atoms. The van der Waals surface area contributed by atoms with Gasteiger partial charge in [-0.1, -0.05) is 12.8 Å². The zero-order chi connectivity index (χ0) is 12.5. The van der Waals surface area contributed by atoms with Gasteiger partial charge in [0.25, 0.3) is 0 Å². The van der Waals surface area contributed by atoms with E-state index in [0.29, 0.717) is 18.8 Å². The molecule has 2 aliphatic rings. The first-order chi connectivity index (χ1) is 8.03. The summed E-state index contributed by atoms with van der Waals surface area (Å²) in [5, 5.41) is 11.9. The molecule has 1 atom stereocenters. The summed E-state index contributed by atoms with van der Waals surface area (Å²) in [7, 11) is 0. The van der Waals surface area contributed by atoms with Crippen LogP contribution in [0.25, 0.3) is 0 Å². The van der Waals surface area contributed by atoms with Gasteiger partial charge in [0.2, 0.25) is 5.91 Å². The van der Waals surface area contributed by atoms with Crippen LogP contribution < -0.4 is 11.1 Å². The second-order valence-corrected chi connectivity index (χ2v) is 5.35. The number of hydrogen-bond acceptors (Lipinski definition) is 3. The Balaban J connectivity index is 1.89. The summed E-state index contributed by atoms with van der Waals surface area (Å²) in [5.74, 6) is -0.665. The second-order valence-electron chi connectivity index (χ2n) is 5.35. The molecule has 4 N–H and O–H groups in total. The van der Waals surface area contributed by atoms with Crippen molar-refractivity contribution < 1.29 is 14.7 Å². The maximum Gasteiger partial charge on any atom is 0.329 e. The molecule has 96 valence electrons. The van der Waals surface area contributed by atoms with Crippen molar-refractivity contribution in [2.75, 3.05) is 0 Å². The first kappa shape index (κ1) is 12.4. The van der Waals surface area contributed by atoms with Crippen molar-refractivity contribution in [1.82, 2.24) is 5.32 Å². The summed E-state index contributed by atoms with van der Waals surface area (Å²) < 4.78 is 0. The van der Waals surface area contributed by atoms with E-state index in [1.807, 2.05) is 0 Å². The van der Waals surface area contributed by atoms with Crippen molar-refractivity contribution in [2.45, 2.75) is 56.5 Å². The highest BCUT2D eigenvalue weighted by molar-refractivity contribution is 5.87. The molecule has 2 rings (SSSR count). The minimum absolute atomic E-state index is 0.109. The van der Waals surface area contributed by atoms with E-state index in [9.17, 15) is 14.7 Å². The third-order valence-electron chi connectivity index (χ3n) is 3.89. The molecule has 0 aliphatic heterocycles. The Kier molecular flexibility index (Phi) is 3.38. The zero-order valence-electron chi connectivity index (χ0n) is 9.95. The van der Waals surface area contributed by atoms with Crippen molar-refractivity contribution in [3.8, 4) is 0 Å². The molecule has 0 radical (unpaired) electrons. The molecule has 2 fully saturated rings. The van der Waals surface area contributed by atoms with Crippen LogP contribution in [0.1, 0.15) is 44.9 Å². The first-order valence-electron chi connectivity index (χ1n) is 6.33. The maximum atomic E-state index is 11.8.